The third-order valence-corrected chi connectivity index (χ3v) is 3.71. The quantitative estimate of drug-likeness (QED) is 0.703. The van der Waals surface area contributed by atoms with Crippen LogP contribution in [-0.2, 0) is 11.0 Å². The molecule has 0 bridgehead atoms. The summed E-state index contributed by atoms with van der Waals surface area (Å²) in [7, 11) is 0. The molecule has 1 unspecified atom stereocenters. The zero-order valence-corrected chi connectivity index (χ0v) is 12.9. The number of carboxylic acid groups (broad SMARTS) is 2. The first-order valence-electron chi connectivity index (χ1n) is 6.48. The molecule has 1 amide bonds. The smallest absolute Gasteiger partial charge is 0.416 e. The van der Waals surface area contributed by atoms with E-state index in [4.69, 9.17) is 12.2 Å². The van der Waals surface area contributed by atoms with Crippen molar-refractivity contribution in [3.8, 4) is 0 Å². The third kappa shape index (κ3) is 3.18. The normalized spacial score (nSPS) is 18.4. The van der Waals surface area contributed by atoms with Gasteiger partial charge in [0.15, 0.2) is 5.11 Å². The molecule has 2 rings (SSSR count). The van der Waals surface area contributed by atoms with Crippen molar-refractivity contribution in [3.05, 3.63) is 46.7 Å². The zero-order valence-electron chi connectivity index (χ0n) is 12.1. The van der Waals surface area contributed by atoms with E-state index in [9.17, 15) is 33.0 Å². The Morgan fingerprint density at radius 3 is 2.42 bits per heavy atom. The predicted molar refractivity (Wildman–Crippen MR) is 80.1 cm³/mol. The fourth-order valence-corrected chi connectivity index (χ4v) is 2.75. The van der Waals surface area contributed by atoms with Gasteiger partial charge in [0, 0.05) is 5.70 Å². The van der Waals surface area contributed by atoms with Crippen LogP contribution in [0.1, 0.15) is 24.1 Å². The number of amides is 1. The van der Waals surface area contributed by atoms with Gasteiger partial charge in [-0.05, 0) is 36.8 Å². The maximum absolute atomic E-state index is 12.9. The summed E-state index contributed by atoms with van der Waals surface area (Å²) in [5, 5.41) is 20.8. The van der Waals surface area contributed by atoms with Crippen molar-refractivity contribution < 1.29 is 33.0 Å². The lowest BCUT2D eigenvalue weighted by atomic mass is 9.93. The van der Waals surface area contributed by atoms with E-state index in [1.807, 2.05) is 0 Å². The van der Waals surface area contributed by atoms with Crippen LogP contribution in [0.25, 0.3) is 0 Å². The first-order chi connectivity index (χ1) is 11.0. The molecule has 1 aliphatic rings. The molecule has 128 valence electrons. The Labute approximate surface area is 139 Å². The summed E-state index contributed by atoms with van der Waals surface area (Å²) < 4.78 is 38.7. The Balaban J connectivity index is 2.69. The molecule has 0 aliphatic carbocycles. The van der Waals surface area contributed by atoms with Crippen molar-refractivity contribution in [2.24, 2.45) is 0 Å². The Kier molecular flexibility index (Phi) is 4.52. The number of hydrogen-bond acceptors (Lipinski definition) is 3. The summed E-state index contributed by atoms with van der Waals surface area (Å²) in [4.78, 5) is 23.5. The molecular formula is C14H11F3N2O4S. The molecule has 10 heteroatoms. The lowest BCUT2D eigenvalue weighted by Gasteiger charge is -2.36. The van der Waals surface area contributed by atoms with Gasteiger partial charge in [0.05, 0.1) is 11.1 Å². The minimum absolute atomic E-state index is 0.0624. The highest BCUT2D eigenvalue weighted by atomic mass is 32.1. The molecule has 0 saturated carbocycles. The van der Waals surface area contributed by atoms with Crippen LogP contribution in [0, 0.1) is 0 Å². The number of rotatable bonds is 2. The van der Waals surface area contributed by atoms with E-state index in [1.165, 1.54) is 13.0 Å². The number of nitrogens with zero attached hydrogens (tertiary/aromatic N) is 1. The molecule has 0 saturated heterocycles. The minimum Gasteiger partial charge on any atom is -0.478 e. The molecule has 0 aromatic heterocycles. The molecule has 0 fully saturated rings. The second-order valence-electron chi connectivity index (χ2n) is 4.95. The number of hydrogen-bond donors (Lipinski definition) is 3. The van der Waals surface area contributed by atoms with Crippen LogP contribution in [0.5, 0.6) is 0 Å². The number of allylic oxidation sites excluding steroid dienone is 1. The zero-order chi connectivity index (χ0) is 18.2. The molecule has 0 spiro atoms. The van der Waals surface area contributed by atoms with Gasteiger partial charge in [-0.3, -0.25) is 0 Å². The van der Waals surface area contributed by atoms with Crippen molar-refractivity contribution in [2.75, 3.05) is 0 Å². The van der Waals surface area contributed by atoms with E-state index >= 15 is 0 Å². The van der Waals surface area contributed by atoms with E-state index in [1.54, 1.807) is 0 Å². The fourth-order valence-electron chi connectivity index (χ4n) is 2.41. The van der Waals surface area contributed by atoms with Crippen LogP contribution < -0.4 is 5.32 Å². The van der Waals surface area contributed by atoms with E-state index in [0.29, 0.717) is 11.0 Å². The summed E-state index contributed by atoms with van der Waals surface area (Å²) in [6, 6.07) is 2.34. The second-order valence-corrected chi connectivity index (χ2v) is 5.34. The van der Waals surface area contributed by atoms with Gasteiger partial charge in [-0.2, -0.15) is 13.2 Å². The van der Waals surface area contributed by atoms with Crippen molar-refractivity contribution in [1.82, 2.24) is 10.2 Å². The van der Waals surface area contributed by atoms with E-state index in [0.717, 1.165) is 12.1 Å². The lowest BCUT2D eigenvalue weighted by molar-refractivity contribution is -0.137. The minimum atomic E-state index is -4.65. The van der Waals surface area contributed by atoms with E-state index < -0.39 is 35.4 Å². The highest BCUT2D eigenvalue weighted by Crippen LogP contribution is 2.37. The van der Waals surface area contributed by atoms with Crippen molar-refractivity contribution in [1.29, 1.82) is 0 Å². The molecule has 24 heavy (non-hydrogen) atoms. The van der Waals surface area contributed by atoms with Crippen molar-refractivity contribution in [3.63, 3.8) is 0 Å². The molecule has 1 aromatic rings. The number of carbonyl (C=O) groups is 2. The summed E-state index contributed by atoms with van der Waals surface area (Å²) in [5.74, 6) is -1.46. The predicted octanol–water partition coefficient (Wildman–Crippen LogP) is 2.97. The van der Waals surface area contributed by atoms with Gasteiger partial charge in [0.2, 0.25) is 0 Å². The Morgan fingerprint density at radius 1 is 1.29 bits per heavy atom. The van der Waals surface area contributed by atoms with Crippen LogP contribution in [0.4, 0.5) is 18.0 Å². The van der Waals surface area contributed by atoms with Crippen molar-refractivity contribution >= 4 is 29.4 Å². The largest absolute Gasteiger partial charge is 0.478 e. The number of aliphatic carboxylic acids is 1. The SMILES string of the molecule is CC1=C(C(=O)O)C(c2cccc(C(F)(F)F)c2)N(C(=O)O)C(=S)N1. The standard InChI is InChI=1S/C14H11F3N2O4S/c1-6-9(11(20)21)10(19(13(22)23)12(24)18-6)7-3-2-4-8(5-7)14(15,16)17/h2-5,10H,1H3,(H,18,24)(H,20,21)(H,22,23). The number of nitrogens with one attached hydrogen (secondary N) is 1. The number of thiocarbonyl (C=S) groups is 1. The van der Waals surface area contributed by atoms with Gasteiger partial charge in [-0.1, -0.05) is 12.1 Å². The maximum Gasteiger partial charge on any atom is 0.416 e. The van der Waals surface area contributed by atoms with Gasteiger partial charge >= 0.3 is 18.2 Å². The van der Waals surface area contributed by atoms with Crippen LogP contribution >= 0.6 is 12.2 Å². The summed E-state index contributed by atoms with van der Waals surface area (Å²) >= 11 is 4.89. The Morgan fingerprint density at radius 2 is 1.92 bits per heavy atom. The number of alkyl halides is 3. The van der Waals surface area contributed by atoms with Gasteiger partial charge < -0.3 is 15.5 Å². The molecular weight excluding hydrogens is 349 g/mol. The lowest BCUT2D eigenvalue weighted by Crippen LogP contribution is -2.50. The topological polar surface area (TPSA) is 89.9 Å². The highest BCUT2D eigenvalue weighted by molar-refractivity contribution is 7.80. The molecule has 1 atom stereocenters. The third-order valence-electron chi connectivity index (χ3n) is 3.42. The molecule has 3 N–H and O–H groups in total. The van der Waals surface area contributed by atoms with Crippen LogP contribution in [-0.4, -0.2) is 32.3 Å². The van der Waals surface area contributed by atoms with Gasteiger partial charge in [-0.15, -0.1) is 0 Å². The summed E-state index contributed by atoms with van der Waals surface area (Å²) in [6.07, 6.45) is -6.24. The first-order valence-corrected chi connectivity index (χ1v) is 6.89. The number of halogens is 3. The van der Waals surface area contributed by atoms with Gasteiger partial charge in [0.1, 0.15) is 6.04 Å². The Hall–Kier alpha value is -2.62. The van der Waals surface area contributed by atoms with Crippen LogP contribution in [0.3, 0.4) is 0 Å². The maximum atomic E-state index is 12.9. The number of carboxylic acids is 1. The van der Waals surface area contributed by atoms with Gasteiger partial charge in [0.25, 0.3) is 0 Å². The van der Waals surface area contributed by atoms with Crippen LogP contribution in [0.15, 0.2) is 35.5 Å². The monoisotopic (exact) mass is 360 g/mol. The van der Waals surface area contributed by atoms with E-state index in [2.05, 4.69) is 5.32 Å². The second kappa shape index (κ2) is 6.11. The number of benzene rings is 1. The average molecular weight is 360 g/mol. The molecule has 1 aromatic carbocycles. The summed E-state index contributed by atoms with van der Waals surface area (Å²) in [6.45, 7) is 1.36. The first kappa shape index (κ1) is 17.7. The average Bonchev–Trinajstić information content (AvgIpc) is 2.44. The Bertz CT molecular complexity index is 761. The molecule has 1 heterocycles. The summed E-state index contributed by atoms with van der Waals surface area (Å²) in [5.41, 5.74) is -1.50. The molecule has 0 radical (unpaired) electrons. The van der Waals surface area contributed by atoms with Crippen molar-refractivity contribution in [2.45, 2.75) is 19.1 Å². The van der Waals surface area contributed by atoms with Crippen LogP contribution in [0.2, 0.25) is 0 Å². The highest BCUT2D eigenvalue weighted by Gasteiger charge is 2.40. The van der Waals surface area contributed by atoms with Gasteiger partial charge in [-0.25, -0.2) is 14.5 Å². The molecule has 6 nitrogen and oxygen atoms in total. The fraction of sp³-hybridized carbons (Fsp3) is 0.214. The molecule has 1 aliphatic heterocycles. The van der Waals surface area contributed by atoms with E-state index in [-0.39, 0.29) is 16.4 Å².